The van der Waals surface area contributed by atoms with Crippen LogP contribution in [0.3, 0.4) is 0 Å². The largest absolute Gasteiger partial charge is 0.476 e. The number of carboxylic acids is 1. The lowest BCUT2D eigenvalue weighted by atomic mass is 10.1. The highest BCUT2D eigenvalue weighted by Crippen LogP contribution is 2.30. The fraction of sp³-hybridized carbons (Fsp3) is 0.769. The van der Waals surface area contributed by atoms with Crippen LogP contribution in [0.1, 0.15) is 48.0 Å². The Labute approximate surface area is 117 Å². The summed E-state index contributed by atoms with van der Waals surface area (Å²) in [6.07, 6.45) is 4.13. The van der Waals surface area contributed by atoms with E-state index < -0.39 is 5.97 Å². The van der Waals surface area contributed by atoms with E-state index in [1.807, 2.05) is 0 Å². The van der Waals surface area contributed by atoms with Crippen molar-refractivity contribution in [2.45, 2.75) is 38.3 Å². The van der Waals surface area contributed by atoms with Crippen LogP contribution in [0.5, 0.6) is 0 Å². The maximum atomic E-state index is 11.3. The number of aromatic carboxylic acids is 1. The van der Waals surface area contributed by atoms with Crippen LogP contribution in [0.15, 0.2) is 0 Å². The summed E-state index contributed by atoms with van der Waals surface area (Å²) >= 11 is 0. The molecule has 0 saturated carbocycles. The molecule has 2 aliphatic rings. The van der Waals surface area contributed by atoms with Gasteiger partial charge in [-0.25, -0.2) is 9.48 Å². The zero-order valence-electron chi connectivity index (χ0n) is 11.5. The van der Waals surface area contributed by atoms with E-state index in [1.165, 1.54) is 12.8 Å². The highest BCUT2D eigenvalue weighted by molar-refractivity contribution is 5.86. The van der Waals surface area contributed by atoms with Crippen molar-refractivity contribution in [3.05, 3.63) is 11.4 Å². The SMILES string of the molecule is O=C(O)c1nnn(CCN2CCCC2)c1C1CCCO1. The van der Waals surface area contributed by atoms with Gasteiger partial charge >= 0.3 is 5.97 Å². The van der Waals surface area contributed by atoms with Crippen molar-refractivity contribution in [2.24, 2.45) is 0 Å². The highest BCUT2D eigenvalue weighted by atomic mass is 16.5. The Morgan fingerprint density at radius 3 is 2.75 bits per heavy atom. The average Bonchev–Trinajstić information content (AvgIpc) is 3.17. The van der Waals surface area contributed by atoms with Crippen molar-refractivity contribution in [3.8, 4) is 0 Å². The van der Waals surface area contributed by atoms with Gasteiger partial charge in [-0.05, 0) is 38.8 Å². The monoisotopic (exact) mass is 280 g/mol. The Morgan fingerprint density at radius 1 is 1.30 bits per heavy atom. The smallest absolute Gasteiger partial charge is 0.358 e. The van der Waals surface area contributed by atoms with E-state index in [0.29, 0.717) is 18.8 Å². The van der Waals surface area contributed by atoms with E-state index in [0.717, 1.165) is 32.5 Å². The van der Waals surface area contributed by atoms with Crippen molar-refractivity contribution < 1.29 is 14.6 Å². The lowest BCUT2D eigenvalue weighted by molar-refractivity contribution is 0.0671. The molecular weight excluding hydrogens is 260 g/mol. The quantitative estimate of drug-likeness (QED) is 0.864. The first-order chi connectivity index (χ1) is 9.75. The van der Waals surface area contributed by atoms with Gasteiger partial charge in [-0.15, -0.1) is 5.10 Å². The van der Waals surface area contributed by atoms with Crippen LogP contribution in [0.25, 0.3) is 0 Å². The Balaban J connectivity index is 1.76. The lowest BCUT2D eigenvalue weighted by Crippen LogP contribution is -2.25. The molecule has 2 fully saturated rings. The molecule has 0 radical (unpaired) electrons. The summed E-state index contributed by atoms with van der Waals surface area (Å²) < 4.78 is 7.34. The van der Waals surface area contributed by atoms with E-state index in [1.54, 1.807) is 4.68 Å². The van der Waals surface area contributed by atoms with Gasteiger partial charge in [0.25, 0.3) is 0 Å². The maximum Gasteiger partial charge on any atom is 0.358 e. The van der Waals surface area contributed by atoms with Crippen LogP contribution in [-0.2, 0) is 11.3 Å². The lowest BCUT2D eigenvalue weighted by Gasteiger charge is -2.17. The van der Waals surface area contributed by atoms with Crippen LogP contribution < -0.4 is 0 Å². The minimum Gasteiger partial charge on any atom is -0.476 e. The molecule has 7 nitrogen and oxygen atoms in total. The standard InChI is InChI=1S/C13H20N4O3/c18-13(19)11-12(10-4-3-9-20-10)17(15-14-11)8-7-16-5-1-2-6-16/h10H,1-9H2,(H,18,19). The summed E-state index contributed by atoms with van der Waals surface area (Å²) in [7, 11) is 0. The Bertz CT molecular complexity index is 476. The van der Waals surface area contributed by atoms with Gasteiger partial charge < -0.3 is 14.7 Å². The first-order valence-corrected chi connectivity index (χ1v) is 7.26. The van der Waals surface area contributed by atoms with Crippen LogP contribution in [-0.4, -0.2) is 57.2 Å². The molecule has 3 heterocycles. The molecule has 0 aliphatic carbocycles. The van der Waals surface area contributed by atoms with Gasteiger partial charge in [-0.1, -0.05) is 5.21 Å². The Morgan fingerprint density at radius 2 is 2.10 bits per heavy atom. The van der Waals surface area contributed by atoms with E-state index in [4.69, 9.17) is 4.74 Å². The summed E-state index contributed by atoms with van der Waals surface area (Å²) in [5, 5.41) is 17.1. The predicted octanol–water partition coefficient (Wildman–Crippen LogP) is 0.924. The third kappa shape index (κ3) is 2.69. The number of likely N-dealkylation sites (tertiary alicyclic amines) is 1. The van der Waals surface area contributed by atoms with Gasteiger partial charge in [0.05, 0.1) is 6.54 Å². The van der Waals surface area contributed by atoms with E-state index >= 15 is 0 Å². The number of ether oxygens (including phenoxy) is 1. The van der Waals surface area contributed by atoms with Crippen LogP contribution >= 0.6 is 0 Å². The molecule has 0 aromatic carbocycles. The molecule has 0 spiro atoms. The summed E-state index contributed by atoms with van der Waals surface area (Å²) in [4.78, 5) is 13.6. The molecule has 2 saturated heterocycles. The predicted molar refractivity (Wildman–Crippen MR) is 70.6 cm³/mol. The second kappa shape index (κ2) is 5.88. The van der Waals surface area contributed by atoms with Crippen molar-refractivity contribution >= 4 is 5.97 Å². The van der Waals surface area contributed by atoms with Gasteiger partial charge in [0.2, 0.25) is 0 Å². The van der Waals surface area contributed by atoms with Crippen molar-refractivity contribution in [2.75, 3.05) is 26.2 Å². The molecule has 1 aromatic heterocycles. The van der Waals surface area contributed by atoms with Gasteiger partial charge in [-0.2, -0.15) is 0 Å². The zero-order valence-corrected chi connectivity index (χ0v) is 11.5. The zero-order chi connectivity index (χ0) is 13.9. The van der Waals surface area contributed by atoms with Crippen LogP contribution in [0.2, 0.25) is 0 Å². The molecule has 1 unspecified atom stereocenters. The van der Waals surface area contributed by atoms with Crippen LogP contribution in [0.4, 0.5) is 0 Å². The first kappa shape index (κ1) is 13.5. The first-order valence-electron chi connectivity index (χ1n) is 7.26. The summed E-state index contributed by atoms with van der Waals surface area (Å²) in [5.41, 5.74) is 0.674. The van der Waals surface area contributed by atoms with E-state index in [9.17, 15) is 9.90 Å². The number of hydrogen-bond donors (Lipinski definition) is 1. The molecule has 2 aliphatic heterocycles. The number of carboxylic acid groups (broad SMARTS) is 1. The fourth-order valence-corrected chi connectivity index (χ4v) is 2.99. The summed E-state index contributed by atoms with van der Waals surface area (Å²) in [6, 6.07) is 0. The van der Waals surface area contributed by atoms with E-state index in [-0.39, 0.29) is 11.8 Å². The van der Waals surface area contributed by atoms with Crippen molar-refractivity contribution in [1.82, 2.24) is 19.9 Å². The molecule has 110 valence electrons. The molecule has 20 heavy (non-hydrogen) atoms. The van der Waals surface area contributed by atoms with Crippen molar-refractivity contribution in [1.29, 1.82) is 0 Å². The Hall–Kier alpha value is -1.47. The second-order valence-electron chi connectivity index (χ2n) is 5.40. The number of aromatic nitrogens is 3. The number of nitrogens with zero attached hydrogens (tertiary/aromatic N) is 4. The topological polar surface area (TPSA) is 80.5 Å². The second-order valence-corrected chi connectivity index (χ2v) is 5.40. The van der Waals surface area contributed by atoms with Gasteiger partial charge in [0, 0.05) is 13.2 Å². The molecule has 3 rings (SSSR count). The third-order valence-corrected chi connectivity index (χ3v) is 4.04. The van der Waals surface area contributed by atoms with Gasteiger partial charge in [0.1, 0.15) is 11.8 Å². The maximum absolute atomic E-state index is 11.3. The minimum absolute atomic E-state index is 0.0401. The summed E-state index contributed by atoms with van der Waals surface area (Å²) in [6.45, 7) is 4.49. The molecule has 1 N–H and O–H groups in total. The number of carbonyl (C=O) groups is 1. The molecular formula is C13H20N4O3. The van der Waals surface area contributed by atoms with Gasteiger partial charge in [-0.3, -0.25) is 0 Å². The molecule has 1 aromatic rings. The molecule has 7 heteroatoms. The number of rotatable bonds is 5. The van der Waals surface area contributed by atoms with Crippen LogP contribution in [0, 0.1) is 0 Å². The van der Waals surface area contributed by atoms with E-state index in [2.05, 4.69) is 15.2 Å². The normalized spacial score (nSPS) is 23.5. The molecule has 1 atom stereocenters. The van der Waals surface area contributed by atoms with Gasteiger partial charge in [0.15, 0.2) is 5.69 Å². The Kier molecular flexibility index (Phi) is 3.98. The third-order valence-electron chi connectivity index (χ3n) is 4.04. The summed E-state index contributed by atoms with van der Waals surface area (Å²) in [5.74, 6) is -1.03. The molecule has 0 bridgehead atoms. The average molecular weight is 280 g/mol. The molecule has 0 amide bonds. The van der Waals surface area contributed by atoms with Crippen molar-refractivity contribution in [3.63, 3.8) is 0 Å². The highest BCUT2D eigenvalue weighted by Gasteiger charge is 2.29. The fourth-order valence-electron chi connectivity index (χ4n) is 2.99. The number of hydrogen-bond acceptors (Lipinski definition) is 5. The minimum atomic E-state index is -1.03.